The first-order chi connectivity index (χ1) is 8.59. The van der Waals surface area contributed by atoms with E-state index < -0.39 is 5.60 Å². The Balaban J connectivity index is 3.22. The second kappa shape index (κ2) is 6.43. The Labute approximate surface area is 110 Å². The van der Waals surface area contributed by atoms with Crippen LogP contribution < -0.4 is 5.32 Å². The monoisotopic (exact) mass is 249 g/mol. The fourth-order valence-corrected chi connectivity index (χ4v) is 2.57. The Morgan fingerprint density at radius 2 is 1.94 bits per heavy atom. The van der Waals surface area contributed by atoms with E-state index >= 15 is 0 Å². The third-order valence-electron chi connectivity index (χ3n) is 3.18. The quantitative estimate of drug-likeness (QED) is 0.720. The summed E-state index contributed by atoms with van der Waals surface area (Å²) >= 11 is 0. The van der Waals surface area contributed by atoms with E-state index in [1.165, 1.54) is 0 Å². The largest absolute Gasteiger partial charge is 0.438 e. The van der Waals surface area contributed by atoms with Gasteiger partial charge in [-0.25, -0.2) is 4.79 Å². The van der Waals surface area contributed by atoms with Gasteiger partial charge in [0.15, 0.2) is 0 Å². The topological polar surface area (TPSA) is 38.3 Å². The fourth-order valence-electron chi connectivity index (χ4n) is 2.57. The zero-order valence-corrected chi connectivity index (χ0v) is 11.6. The van der Waals surface area contributed by atoms with Crippen LogP contribution in [-0.2, 0) is 4.74 Å². The molecule has 3 nitrogen and oxygen atoms in total. The van der Waals surface area contributed by atoms with E-state index in [0.29, 0.717) is 0 Å². The normalized spacial score (nSPS) is 18.7. The van der Waals surface area contributed by atoms with Crippen LogP contribution in [0.5, 0.6) is 0 Å². The highest BCUT2D eigenvalue weighted by atomic mass is 16.6. The molecule has 3 heteroatoms. The fraction of sp³-hybridized carbons (Fsp3) is 0.533. The third-order valence-corrected chi connectivity index (χ3v) is 3.18. The van der Waals surface area contributed by atoms with E-state index in [9.17, 15) is 4.79 Å². The van der Waals surface area contributed by atoms with Gasteiger partial charge < -0.3 is 4.74 Å². The second-order valence-electron chi connectivity index (χ2n) is 4.64. The van der Waals surface area contributed by atoms with Crippen LogP contribution in [0.2, 0.25) is 0 Å². The highest BCUT2D eigenvalue weighted by Crippen LogP contribution is 2.37. The summed E-state index contributed by atoms with van der Waals surface area (Å²) in [5, 5.41) is 2.74. The molecular formula is C15H23NO2. The molecule has 0 spiro atoms. The first kappa shape index (κ1) is 14.6. The third kappa shape index (κ3) is 3.03. The van der Waals surface area contributed by atoms with E-state index in [-0.39, 0.29) is 6.09 Å². The van der Waals surface area contributed by atoms with Crippen molar-refractivity contribution in [3.8, 4) is 0 Å². The number of rotatable bonds is 6. The lowest BCUT2D eigenvalue weighted by molar-refractivity contribution is 0.0197. The molecule has 0 atom stereocenters. The maximum atomic E-state index is 11.6. The lowest BCUT2D eigenvalue weighted by Gasteiger charge is -2.39. The van der Waals surface area contributed by atoms with Gasteiger partial charge in [-0.2, -0.15) is 0 Å². The number of ether oxygens (including phenoxy) is 1. The number of allylic oxidation sites excluding steroid dienone is 3. The van der Waals surface area contributed by atoms with Crippen LogP contribution in [0.1, 0.15) is 46.5 Å². The van der Waals surface area contributed by atoms with Crippen LogP contribution in [-0.4, -0.2) is 11.7 Å². The molecule has 1 amide bonds. The molecule has 100 valence electrons. The molecule has 0 aromatic heterocycles. The maximum absolute atomic E-state index is 11.6. The predicted molar refractivity (Wildman–Crippen MR) is 74.2 cm³/mol. The zero-order chi connectivity index (χ0) is 13.6. The number of carbonyl (C=O) groups is 1. The van der Waals surface area contributed by atoms with E-state index in [1.54, 1.807) is 6.08 Å². The molecule has 0 saturated carbocycles. The number of nitrogens with one attached hydrogen (secondary N) is 1. The summed E-state index contributed by atoms with van der Waals surface area (Å²) in [4.78, 5) is 11.6. The van der Waals surface area contributed by atoms with Crippen LogP contribution in [0.4, 0.5) is 4.79 Å². The predicted octanol–water partition coefficient (Wildman–Crippen LogP) is 4.08. The number of hydrogen-bond donors (Lipinski definition) is 1. The van der Waals surface area contributed by atoms with Crippen LogP contribution in [0, 0.1) is 0 Å². The number of carbonyl (C=O) groups excluding carboxylic acids is 1. The van der Waals surface area contributed by atoms with Gasteiger partial charge in [0.05, 0.1) is 0 Å². The summed E-state index contributed by atoms with van der Waals surface area (Å²) in [5.41, 5.74) is 1.46. The highest BCUT2D eigenvalue weighted by molar-refractivity contribution is 5.73. The summed E-state index contributed by atoms with van der Waals surface area (Å²) in [7, 11) is 0. The van der Waals surface area contributed by atoms with E-state index in [2.05, 4.69) is 25.7 Å². The Morgan fingerprint density at radius 3 is 2.44 bits per heavy atom. The van der Waals surface area contributed by atoms with Crippen molar-refractivity contribution < 1.29 is 9.53 Å². The van der Waals surface area contributed by atoms with Gasteiger partial charge in [-0.15, -0.1) is 0 Å². The van der Waals surface area contributed by atoms with E-state index in [4.69, 9.17) is 4.74 Å². The average Bonchev–Trinajstić information content (AvgIpc) is 2.28. The van der Waals surface area contributed by atoms with Crippen molar-refractivity contribution in [3.05, 3.63) is 36.1 Å². The van der Waals surface area contributed by atoms with Crippen molar-refractivity contribution in [1.29, 1.82) is 0 Å². The van der Waals surface area contributed by atoms with Crippen molar-refractivity contribution in [2.45, 2.75) is 52.1 Å². The molecule has 0 unspecified atom stereocenters. The SMILES string of the molecule is C=C/C=C\C1=C(C)NC(=O)OC1(CCC)CCC. The molecule has 1 heterocycles. The molecular weight excluding hydrogens is 226 g/mol. The molecule has 0 aromatic carbocycles. The smallest absolute Gasteiger partial charge is 0.412 e. The molecule has 0 aromatic rings. The van der Waals surface area contributed by atoms with Crippen molar-refractivity contribution in [2.24, 2.45) is 0 Å². The number of cyclic esters (lactones) is 1. The minimum atomic E-state index is -0.477. The van der Waals surface area contributed by atoms with Gasteiger partial charge >= 0.3 is 6.09 Å². The van der Waals surface area contributed by atoms with Gasteiger partial charge in [0.2, 0.25) is 0 Å². The Bertz CT molecular complexity index is 374. The summed E-state index contributed by atoms with van der Waals surface area (Å²) in [6, 6.07) is 0. The molecule has 1 N–H and O–H groups in total. The minimum Gasteiger partial charge on any atom is -0.438 e. The molecule has 1 aliphatic rings. The van der Waals surface area contributed by atoms with Gasteiger partial charge in [0.25, 0.3) is 0 Å². The molecule has 0 radical (unpaired) electrons. The van der Waals surface area contributed by atoms with Crippen LogP contribution in [0.15, 0.2) is 36.1 Å². The van der Waals surface area contributed by atoms with Crippen molar-refractivity contribution >= 4 is 6.09 Å². The molecule has 0 bridgehead atoms. The average molecular weight is 249 g/mol. The minimum absolute atomic E-state index is 0.342. The lowest BCUT2D eigenvalue weighted by Crippen LogP contribution is -2.46. The summed E-state index contributed by atoms with van der Waals surface area (Å²) < 4.78 is 5.64. The van der Waals surface area contributed by atoms with Crippen molar-refractivity contribution in [1.82, 2.24) is 5.32 Å². The lowest BCUT2D eigenvalue weighted by atomic mass is 9.82. The van der Waals surface area contributed by atoms with Crippen LogP contribution in [0.25, 0.3) is 0 Å². The van der Waals surface area contributed by atoms with Crippen LogP contribution in [0.3, 0.4) is 0 Å². The van der Waals surface area contributed by atoms with Crippen molar-refractivity contribution in [2.75, 3.05) is 0 Å². The van der Waals surface area contributed by atoms with Gasteiger partial charge in [0, 0.05) is 11.3 Å². The zero-order valence-electron chi connectivity index (χ0n) is 11.6. The molecule has 1 aliphatic heterocycles. The number of amides is 1. The molecule has 18 heavy (non-hydrogen) atoms. The Hall–Kier alpha value is -1.51. The first-order valence-electron chi connectivity index (χ1n) is 6.60. The molecule has 0 fully saturated rings. The molecule has 1 rings (SSSR count). The van der Waals surface area contributed by atoms with Gasteiger partial charge in [-0.1, -0.05) is 51.5 Å². The Kier molecular flexibility index (Phi) is 5.20. The number of alkyl carbamates (subject to hydrolysis) is 1. The standard InChI is InChI=1S/C15H23NO2/c1-5-8-9-13-12(4)16-14(17)18-15(13,10-6-2)11-7-3/h5,8-9H,1,6-7,10-11H2,2-4H3,(H,16,17)/b9-8-. The Morgan fingerprint density at radius 1 is 1.33 bits per heavy atom. The van der Waals surface area contributed by atoms with E-state index in [0.717, 1.165) is 37.0 Å². The first-order valence-corrected chi connectivity index (χ1v) is 6.60. The van der Waals surface area contributed by atoms with Crippen molar-refractivity contribution in [3.63, 3.8) is 0 Å². The van der Waals surface area contributed by atoms with Gasteiger partial charge in [0.1, 0.15) is 5.60 Å². The maximum Gasteiger partial charge on any atom is 0.412 e. The van der Waals surface area contributed by atoms with Crippen LogP contribution >= 0.6 is 0 Å². The summed E-state index contributed by atoms with van der Waals surface area (Å²) in [6.45, 7) is 9.82. The summed E-state index contributed by atoms with van der Waals surface area (Å²) in [6.07, 6.45) is 8.93. The second-order valence-corrected chi connectivity index (χ2v) is 4.64. The molecule has 0 saturated heterocycles. The molecule has 0 aliphatic carbocycles. The van der Waals surface area contributed by atoms with E-state index in [1.807, 2.05) is 19.1 Å². The van der Waals surface area contributed by atoms with Gasteiger partial charge in [-0.05, 0) is 19.8 Å². The highest BCUT2D eigenvalue weighted by Gasteiger charge is 2.40. The van der Waals surface area contributed by atoms with Gasteiger partial charge in [-0.3, -0.25) is 5.32 Å². The number of hydrogen-bond acceptors (Lipinski definition) is 2. The summed E-state index contributed by atoms with van der Waals surface area (Å²) in [5.74, 6) is 0.